The summed E-state index contributed by atoms with van der Waals surface area (Å²) in [4.78, 5) is 0. The van der Waals surface area contributed by atoms with Gasteiger partial charge >= 0.3 is 0 Å². The third-order valence-corrected chi connectivity index (χ3v) is 4.37. The average Bonchev–Trinajstić information content (AvgIpc) is 2.46. The van der Waals surface area contributed by atoms with Crippen molar-refractivity contribution < 1.29 is 13.9 Å². The Kier molecular flexibility index (Phi) is 6.68. The van der Waals surface area contributed by atoms with Gasteiger partial charge in [-0.2, -0.15) is 11.8 Å². The molecule has 1 aliphatic heterocycles. The topological polar surface area (TPSA) is 18.5 Å². The monoisotopic (exact) mass is 322 g/mol. The van der Waals surface area contributed by atoms with Crippen LogP contribution in [-0.2, 0) is 9.47 Å². The summed E-state index contributed by atoms with van der Waals surface area (Å²) in [6, 6.07) is 5.20. The molecule has 1 heterocycles. The van der Waals surface area contributed by atoms with Gasteiger partial charge in [-0.05, 0) is 29.9 Å². The first-order chi connectivity index (χ1) is 10.5. The zero-order valence-electron chi connectivity index (χ0n) is 13.3. The second-order valence-electron chi connectivity index (χ2n) is 5.61. The molecule has 2 rings (SSSR count). The van der Waals surface area contributed by atoms with Crippen LogP contribution >= 0.6 is 11.8 Å². The highest BCUT2D eigenvalue weighted by Crippen LogP contribution is 2.22. The van der Waals surface area contributed by atoms with Crippen LogP contribution in [0.25, 0.3) is 6.08 Å². The second-order valence-corrected chi connectivity index (χ2v) is 7.49. The van der Waals surface area contributed by atoms with Crippen LogP contribution in [0.5, 0.6) is 0 Å². The maximum Gasteiger partial charge on any atom is 0.177 e. The van der Waals surface area contributed by atoms with E-state index >= 15 is 0 Å². The second kappa shape index (κ2) is 8.51. The van der Waals surface area contributed by atoms with Gasteiger partial charge in [0, 0.05) is 5.56 Å². The van der Waals surface area contributed by atoms with Gasteiger partial charge in [0.05, 0.1) is 18.5 Å². The number of thioether (sulfide) groups is 1. The molecule has 1 aromatic carbocycles. The molecule has 1 aliphatic rings. The van der Waals surface area contributed by atoms with Gasteiger partial charge in [-0.3, -0.25) is 0 Å². The number of ether oxygens (including phenoxy) is 2. The van der Waals surface area contributed by atoms with Crippen molar-refractivity contribution in [3.63, 3.8) is 0 Å². The van der Waals surface area contributed by atoms with Crippen molar-refractivity contribution in [2.45, 2.75) is 37.6 Å². The number of halogens is 1. The Hall–Kier alpha value is -1.10. The van der Waals surface area contributed by atoms with E-state index in [1.807, 2.05) is 36.9 Å². The normalized spacial score (nSPS) is 23.0. The SMILES string of the molecule is Cc1ccc(/C=C/C=C/C2OCC(SC(C)C)CO2)c(F)c1. The highest BCUT2D eigenvalue weighted by Gasteiger charge is 2.21. The highest BCUT2D eigenvalue weighted by molar-refractivity contribution is 8.00. The predicted octanol–water partition coefficient (Wildman–Crippen LogP) is 4.59. The van der Waals surface area contributed by atoms with Gasteiger partial charge in [0.2, 0.25) is 0 Å². The minimum atomic E-state index is -0.309. The van der Waals surface area contributed by atoms with Crippen molar-refractivity contribution >= 4 is 17.8 Å². The van der Waals surface area contributed by atoms with E-state index in [0.29, 0.717) is 29.3 Å². The minimum Gasteiger partial charge on any atom is -0.348 e. The summed E-state index contributed by atoms with van der Waals surface area (Å²) in [5.74, 6) is -0.205. The van der Waals surface area contributed by atoms with Crippen LogP contribution in [0.3, 0.4) is 0 Å². The van der Waals surface area contributed by atoms with E-state index in [-0.39, 0.29) is 12.1 Å². The lowest BCUT2D eigenvalue weighted by molar-refractivity contribution is -0.146. The first kappa shape index (κ1) is 17.3. The summed E-state index contributed by atoms with van der Waals surface area (Å²) in [5, 5.41) is 0.985. The van der Waals surface area contributed by atoms with E-state index in [2.05, 4.69) is 13.8 Å². The molecular weight excluding hydrogens is 299 g/mol. The van der Waals surface area contributed by atoms with E-state index < -0.39 is 0 Å². The zero-order chi connectivity index (χ0) is 15.9. The molecule has 1 saturated heterocycles. The summed E-state index contributed by atoms with van der Waals surface area (Å²) < 4.78 is 24.9. The summed E-state index contributed by atoms with van der Waals surface area (Å²) >= 11 is 1.88. The Morgan fingerprint density at radius 1 is 1.23 bits per heavy atom. The van der Waals surface area contributed by atoms with Gasteiger partial charge in [0.1, 0.15) is 5.82 Å². The van der Waals surface area contributed by atoms with Crippen molar-refractivity contribution in [2.75, 3.05) is 13.2 Å². The first-order valence-electron chi connectivity index (χ1n) is 7.54. The molecule has 0 aromatic heterocycles. The molecule has 2 nitrogen and oxygen atoms in total. The fraction of sp³-hybridized carbons (Fsp3) is 0.444. The summed E-state index contributed by atoms with van der Waals surface area (Å²) in [6.45, 7) is 7.62. The van der Waals surface area contributed by atoms with E-state index in [1.54, 1.807) is 18.2 Å². The highest BCUT2D eigenvalue weighted by atomic mass is 32.2. The van der Waals surface area contributed by atoms with Crippen LogP contribution in [0.4, 0.5) is 4.39 Å². The number of hydrogen-bond acceptors (Lipinski definition) is 3. The van der Waals surface area contributed by atoms with Crippen LogP contribution in [-0.4, -0.2) is 30.0 Å². The van der Waals surface area contributed by atoms with E-state index in [4.69, 9.17) is 9.47 Å². The van der Waals surface area contributed by atoms with Crippen molar-refractivity contribution in [3.05, 3.63) is 53.4 Å². The fourth-order valence-electron chi connectivity index (χ4n) is 2.16. The van der Waals surface area contributed by atoms with Crippen LogP contribution in [0.15, 0.2) is 36.4 Å². The van der Waals surface area contributed by atoms with Gasteiger partial charge < -0.3 is 9.47 Å². The fourth-order valence-corrected chi connectivity index (χ4v) is 3.24. The summed E-state index contributed by atoms with van der Waals surface area (Å²) in [7, 11) is 0. The number of benzene rings is 1. The quantitative estimate of drug-likeness (QED) is 0.739. The van der Waals surface area contributed by atoms with Gasteiger partial charge in [-0.25, -0.2) is 4.39 Å². The van der Waals surface area contributed by atoms with Crippen molar-refractivity contribution in [2.24, 2.45) is 0 Å². The van der Waals surface area contributed by atoms with Crippen LogP contribution in [0.2, 0.25) is 0 Å². The summed E-state index contributed by atoms with van der Waals surface area (Å²) in [5.41, 5.74) is 1.50. The molecule has 0 amide bonds. The largest absolute Gasteiger partial charge is 0.348 e. The average molecular weight is 322 g/mol. The van der Waals surface area contributed by atoms with E-state index in [0.717, 1.165) is 5.56 Å². The molecule has 22 heavy (non-hydrogen) atoms. The first-order valence-corrected chi connectivity index (χ1v) is 8.48. The summed E-state index contributed by atoms with van der Waals surface area (Å²) in [6.07, 6.45) is 6.91. The Morgan fingerprint density at radius 2 is 1.95 bits per heavy atom. The molecule has 0 aliphatic carbocycles. The van der Waals surface area contributed by atoms with E-state index in [1.165, 1.54) is 6.07 Å². The third-order valence-electron chi connectivity index (χ3n) is 3.17. The van der Waals surface area contributed by atoms with Gasteiger partial charge in [-0.1, -0.05) is 44.2 Å². The molecular formula is C18H23FO2S. The molecule has 120 valence electrons. The molecule has 0 atom stereocenters. The smallest absolute Gasteiger partial charge is 0.177 e. The van der Waals surface area contributed by atoms with Crippen LogP contribution in [0.1, 0.15) is 25.0 Å². The predicted molar refractivity (Wildman–Crippen MR) is 91.5 cm³/mol. The molecule has 0 unspecified atom stereocenters. The minimum absolute atomic E-state index is 0.205. The maximum atomic E-state index is 13.7. The Balaban J connectivity index is 1.80. The Bertz CT molecular complexity index is 532. The molecule has 0 spiro atoms. The lowest BCUT2D eigenvalue weighted by atomic mass is 10.1. The van der Waals surface area contributed by atoms with Crippen molar-refractivity contribution in [1.29, 1.82) is 0 Å². The van der Waals surface area contributed by atoms with Crippen LogP contribution < -0.4 is 0 Å². The molecule has 1 aromatic rings. The number of hydrogen-bond donors (Lipinski definition) is 0. The third kappa shape index (κ3) is 5.59. The molecule has 0 N–H and O–H groups in total. The molecule has 4 heteroatoms. The van der Waals surface area contributed by atoms with Crippen molar-refractivity contribution in [1.82, 2.24) is 0 Å². The molecule has 0 bridgehead atoms. The lowest BCUT2D eigenvalue weighted by Crippen LogP contribution is -2.33. The Labute approximate surface area is 136 Å². The molecule has 0 radical (unpaired) electrons. The Morgan fingerprint density at radius 3 is 2.59 bits per heavy atom. The number of aryl methyl sites for hydroxylation is 1. The van der Waals surface area contributed by atoms with Crippen molar-refractivity contribution in [3.8, 4) is 0 Å². The molecule has 1 fully saturated rings. The van der Waals surface area contributed by atoms with Gasteiger partial charge in [-0.15, -0.1) is 0 Å². The number of rotatable bonds is 5. The standard InChI is InChI=1S/C18H23FO2S/c1-13(2)22-16-11-20-18(21-12-16)7-5-4-6-15-9-8-14(3)10-17(15)19/h4-10,13,16,18H,11-12H2,1-3H3/b6-4+,7-5+. The van der Waals surface area contributed by atoms with Gasteiger partial charge in [0.15, 0.2) is 6.29 Å². The maximum absolute atomic E-state index is 13.7. The zero-order valence-corrected chi connectivity index (χ0v) is 14.1. The lowest BCUT2D eigenvalue weighted by Gasteiger charge is -2.28. The van der Waals surface area contributed by atoms with Crippen LogP contribution in [0, 0.1) is 12.7 Å². The number of allylic oxidation sites excluding steroid dienone is 2. The van der Waals surface area contributed by atoms with E-state index in [9.17, 15) is 4.39 Å². The molecule has 0 saturated carbocycles. The van der Waals surface area contributed by atoms with Gasteiger partial charge in [0.25, 0.3) is 0 Å².